The maximum Gasteiger partial charge on any atom is 0.406 e. The van der Waals surface area contributed by atoms with E-state index in [0.717, 1.165) is 17.7 Å². The molecule has 1 heterocycles. The van der Waals surface area contributed by atoms with E-state index in [1.54, 1.807) is 0 Å². The molecule has 1 saturated heterocycles. The maximum atomic E-state index is 13.0. The Morgan fingerprint density at radius 2 is 1.90 bits per heavy atom. The summed E-state index contributed by atoms with van der Waals surface area (Å²) in [5.74, 6) is -2.56. The number of nitrogens with two attached hydrogens (primary N) is 1. The van der Waals surface area contributed by atoms with Gasteiger partial charge in [-0.1, -0.05) is 0 Å². The average molecular weight is 294 g/mol. The van der Waals surface area contributed by atoms with Crippen LogP contribution in [0.4, 0.5) is 13.2 Å². The van der Waals surface area contributed by atoms with Gasteiger partial charge in [-0.25, -0.2) is 0 Å². The van der Waals surface area contributed by atoms with Crippen LogP contribution in [0.15, 0.2) is 0 Å². The van der Waals surface area contributed by atoms with Crippen molar-refractivity contribution in [3.05, 3.63) is 0 Å². The zero-order chi connectivity index (χ0) is 15.3. The fraction of sp³-hybridized carbons (Fsp3) is 0.833. The summed E-state index contributed by atoms with van der Waals surface area (Å²) in [7, 11) is 0. The summed E-state index contributed by atoms with van der Waals surface area (Å²) >= 11 is 0. The first-order chi connectivity index (χ1) is 9.02. The van der Waals surface area contributed by atoms with E-state index in [4.69, 9.17) is 10.8 Å². The summed E-state index contributed by atoms with van der Waals surface area (Å²) < 4.78 is 39.1. The SMILES string of the molecule is CC(N)(C(=O)N1CCC(C(=O)O)(C(F)(F)F)C1)C1CC1. The average Bonchev–Trinajstić information content (AvgIpc) is 3.06. The summed E-state index contributed by atoms with van der Waals surface area (Å²) in [6.07, 6.45) is -3.97. The van der Waals surface area contributed by atoms with E-state index in [2.05, 4.69) is 0 Å². The highest BCUT2D eigenvalue weighted by Crippen LogP contribution is 2.47. The van der Waals surface area contributed by atoms with Gasteiger partial charge in [-0.2, -0.15) is 13.2 Å². The van der Waals surface area contributed by atoms with Crippen molar-refractivity contribution in [3.63, 3.8) is 0 Å². The molecule has 1 aliphatic heterocycles. The van der Waals surface area contributed by atoms with Crippen LogP contribution in [0.3, 0.4) is 0 Å². The first-order valence-electron chi connectivity index (χ1n) is 6.41. The minimum absolute atomic E-state index is 0.0271. The predicted octanol–water partition coefficient (Wildman–Crippen LogP) is 0.979. The first-order valence-corrected chi connectivity index (χ1v) is 6.41. The molecular formula is C12H17F3N2O3. The van der Waals surface area contributed by atoms with Crippen molar-refractivity contribution in [2.75, 3.05) is 13.1 Å². The molecular weight excluding hydrogens is 277 g/mol. The van der Waals surface area contributed by atoms with E-state index in [1.165, 1.54) is 6.92 Å². The monoisotopic (exact) mass is 294 g/mol. The van der Waals surface area contributed by atoms with Gasteiger partial charge in [-0.15, -0.1) is 0 Å². The van der Waals surface area contributed by atoms with Gasteiger partial charge < -0.3 is 15.7 Å². The smallest absolute Gasteiger partial charge is 0.406 e. The Morgan fingerprint density at radius 3 is 2.25 bits per heavy atom. The Hall–Kier alpha value is -1.31. The highest BCUT2D eigenvalue weighted by Gasteiger charge is 2.65. The Kier molecular flexibility index (Phi) is 3.27. The molecule has 1 aliphatic carbocycles. The fourth-order valence-corrected chi connectivity index (χ4v) is 2.71. The van der Waals surface area contributed by atoms with Gasteiger partial charge in [0.1, 0.15) is 0 Å². The zero-order valence-corrected chi connectivity index (χ0v) is 11.0. The molecule has 20 heavy (non-hydrogen) atoms. The van der Waals surface area contributed by atoms with Crippen molar-refractivity contribution in [2.45, 2.75) is 37.9 Å². The highest BCUT2D eigenvalue weighted by atomic mass is 19.4. The van der Waals surface area contributed by atoms with Crippen molar-refractivity contribution in [2.24, 2.45) is 17.1 Å². The molecule has 3 N–H and O–H groups in total. The molecule has 0 aromatic heterocycles. The summed E-state index contributed by atoms with van der Waals surface area (Å²) in [6.45, 7) is 0.412. The van der Waals surface area contributed by atoms with E-state index < -0.39 is 42.0 Å². The van der Waals surface area contributed by atoms with Gasteiger partial charge in [0, 0.05) is 13.1 Å². The molecule has 1 amide bonds. The minimum atomic E-state index is -4.89. The third-order valence-electron chi connectivity index (χ3n) is 4.39. The lowest BCUT2D eigenvalue weighted by atomic mass is 9.86. The molecule has 0 bridgehead atoms. The lowest BCUT2D eigenvalue weighted by molar-refractivity contribution is -0.227. The van der Waals surface area contributed by atoms with Crippen molar-refractivity contribution in [1.82, 2.24) is 4.90 Å². The first kappa shape index (κ1) is 15.1. The summed E-state index contributed by atoms with van der Waals surface area (Å²) in [4.78, 5) is 24.2. The van der Waals surface area contributed by atoms with Crippen LogP contribution in [-0.2, 0) is 9.59 Å². The van der Waals surface area contributed by atoms with Crippen LogP contribution in [0.5, 0.6) is 0 Å². The minimum Gasteiger partial charge on any atom is -0.481 e. The molecule has 114 valence electrons. The summed E-state index contributed by atoms with van der Waals surface area (Å²) in [5.41, 5.74) is 1.82. The third kappa shape index (κ3) is 2.15. The number of aliphatic carboxylic acids is 1. The van der Waals surface area contributed by atoms with Gasteiger partial charge in [-0.3, -0.25) is 9.59 Å². The number of hydrogen-bond donors (Lipinski definition) is 2. The number of carbonyl (C=O) groups excluding carboxylic acids is 1. The Balaban J connectivity index is 2.19. The molecule has 0 aromatic carbocycles. The standard InChI is InChI=1S/C12H17F3N2O3/c1-10(16,7-2-3-7)8(18)17-5-4-11(6-17,9(19)20)12(13,14)15/h7H,2-6,16H2,1H3,(H,19,20). The number of halogens is 3. The summed E-state index contributed by atoms with van der Waals surface area (Å²) in [6, 6.07) is 0. The van der Waals surface area contributed by atoms with Gasteiger partial charge >= 0.3 is 12.1 Å². The summed E-state index contributed by atoms with van der Waals surface area (Å²) in [5, 5.41) is 8.93. The van der Waals surface area contributed by atoms with Crippen molar-refractivity contribution in [3.8, 4) is 0 Å². The second-order valence-electron chi connectivity index (χ2n) is 5.92. The lowest BCUT2D eigenvalue weighted by Crippen LogP contribution is -2.56. The van der Waals surface area contributed by atoms with Gasteiger partial charge in [0.05, 0.1) is 5.54 Å². The normalized spacial score (nSPS) is 30.1. The van der Waals surface area contributed by atoms with Crippen LogP contribution >= 0.6 is 0 Å². The number of amides is 1. The van der Waals surface area contributed by atoms with E-state index in [9.17, 15) is 22.8 Å². The van der Waals surface area contributed by atoms with Crippen LogP contribution in [0, 0.1) is 11.3 Å². The second-order valence-corrected chi connectivity index (χ2v) is 5.92. The predicted molar refractivity (Wildman–Crippen MR) is 62.6 cm³/mol. The van der Waals surface area contributed by atoms with Crippen molar-refractivity contribution >= 4 is 11.9 Å². The quantitative estimate of drug-likeness (QED) is 0.812. The van der Waals surface area contributed by atoms with Gasteiger partial charge in [0.15, 0.2) is 5.41 Å². The van der Waals surface area contributed by atoms with Crippen LogP contribution in [0.25, 0.3) is 0 Å². The third-order valence-corrected chi connectivity index (χ3v) is 4.39. The number of carboxylic acids is 1. The molecule has 2 aliphatic rings. The Morgan fingerprint density at radius 1 is 1.35 bits per heavy atom. The number of hydrogen-bond acceptors (Lipinski definition) is 3. The Bertz CT molecular complexity index is 446. The molecule has 2 atom stereocenters. The topological polar surface area (TPSA) is 83.6 Å². The lowest BCUT2D eigenvalue weighted by Gasteiger charge is -2.31. The largest absolute Gasteiger partial charge is 0.481 e. The van der Waals surface area contributed by atoms with Crippen molar-refractivity contribution in [1.29, 1.82) is 0 Å². The number of nitrogens with zero attached hydrogens (tertiary/aromatic N) is 1. The van der Waals surface area contributed by atoms with Crippen LogP contribution in [-0.4, -0.2) is 46.7 Å². The zero-order valence-electron chi connectivity index (χ0n) is 11.0. The molecule has 0 aromatic rings. The van der Waals surface area contributed by atoms with Gasteiger partial charge in [-0.05, 0) is 32.1 Å². The molecule has 8 heteroatoms. The van der Waals surface area contributed by atoms with E-state index in [1.807, 2.05) is 0 Å². The van der Waals surface area contributed by atoms with E-state index >= 15 is 0 Å². The molecule has 2 rings (SSSR count). The number of rotatable bonds is 3. The molecule has 2 unspecified atom stereocenters. The van der Waals surface area contributed by atoms with Gasteiger partial charge in [0.2, 0.25) is 5.91 Å². The fourth-order valence-electron chi connectivity index (χ4n) is 2.71. The Labute approximate surface area is 113 Å². The van der Waals surface area contributed by atoms with Crippen LogP contribution in [0.2, 0.25) is 0 Å². The number of alkyl halides is 3. The molecule has 0 radical (unpaired) electrons. The van der Waals surface area contributed by atoms with E-state index in [0.29, 0.717) is 0 Å². The van der Waals surface area contributed by atoms with Crippen molar-refractivity contribution < 1.29 is 27.9 Å². The highest BCUT2D eigenvalue weighted by molar-refractivity contribution is 5.88. The van der Waals surface area contributed by atoms with Crippen LogP contribution < -0.4 is 5.73 Å². The number of carbonyl (C=O) groups is 2. The number of carboxylic acid groups (broad SMARTS) is 1. The van der Waals surface area contributed by atoms with Gasteiger partial charge in [0.25, 0.3) is 0 Å². The number of likely N-dealkylation sites (tertiary alicyclic amines) is 1. The molecule has 1 saturated carbocycles. The molecule has 2 fully saturated rings. The van der Waals surface area contributed by atoms with E-state index in [-0.39, 0.29) is 12.5 Å². The molecule has 0 spiro atoms. The molecule has 5 nitrogen and oxygen atoms in total. The van der Waals surface area contributed by atoms with Crippen LogP contribution in [0.1, 0.15) is 26.2 Å². The second kappa shape index (κ2) is 4.34. The maximum absolute atomic E-state index is 13.0.